The first-order chi connectivity index (χ1) is 8.20. The number of carbonyl (C=O) groups excluding carboxylic acids is 1. The Kier molecular flexibility index (Phi) is 4.40. The first-order valence-electron chi connectivity index (χ1n) is 5.84. The van der Waals surface area contributed by atoms with E-state index in [1.54, 1.807) is 6.92 Å². The van der Waals surface area contributed by atoms with Crippen molar-refractivity contribution >= 4 is 5.97 Å². The average molecular weight is 268 g/mol. The van der Waals surface area contributed by atoms with Gasteiger partial charge >= 0.3 is 12.1 Å². The third-order valence-electron chi connectivity index (χ3n) is 3.53. The summed E-state index contributed by atoms with van der Waals surface area (Å²) in [6.45, 7) is 4.53. The molecule has 1 aliphatic rings. The molecule has 104 valence electrons. The van der Waals surface area contributed by atoms with Gasteiger partial charge in [0.25, 0.3) is 0 Å². The Labute approximate surface area is 103 Å². The van der Waals surface area contributed by atoms with E-state index in [-0.39, 0.29) is 25.7 Å². The molecule has 6 heteroatoms. The lowest BCUT2D eigenvalue weighted by Gasteiger charge is -2.39. The van der Waals surface area contributed by atoms with Crippen LogP contribution in [0.25, 0.3) is 0 Å². The van der Waals surface area contributed by atoms with Crippen LogP contribution in [0.3, 0.4) is 0 Å². The molecule has 0 radical (unpaired) electrons. The number of carbonyl (C=O) groups is 1. The molecule has 0 aromatic rings. The van der Waals surface area contributed by atoms with Gasteiger partial charge < -0.3 is 4.74 Å². The second kappa shape index (κ2) is 5.28. The lowest BCUT2D eigenvalue weighted by atomic mass is 9.77. The van der Waals surface area contributed by atoms with Crippen LogP contribution in [0.4, 0.5) is 17.6 Å². The minimum Gasteiger partial charge on any atom is -0.454 e. The van der Waals surface area contributed by atoms with Gasteiger partial charge in [0, 0.05) is 0 Å². The third-order valence-corrected chi connectivity index (χ3v) is 3.53. The highest BCUT2D eigenvalue weighted by atomic mass is 19.4. The molecule has 0 heterocycles. The lowest BCUT2D eigenvalue weighted by molar-refractivity contribution is -0.198. The van der Waals surface area contributed by atoms with Crippen molar-refractivity contribution in [3.05, 3.63) is 12.4 Å². The Hall–Kier alpha value is -1.07. The van der Waals surface area contributed by atoms with Crippen LogP contribution < -0.4 is 0 Å². The fourth-order valence-corrected chi connectivity index (χ4v) is 2.25. The van der Waals surface area contributed by atoms with E-state index < -0.39 is 29.5 Å². The maximum atomic E-state index is 12.6. The molecule has 18 heavy (non-hydrogen) atoms. The van der Waals surface area contributed by atoms with Crippen LogP contribution in [0.15, 0.2) is 12.4 Å². The number of rotatable bonds is 3. The summed E-state index contributed by atoms with van der Waals surface area (Å²) in [6.07, 6.45) is -3.82. The fraction of sp³-hybridized carbons (Fsp3) is 0.750. The Morgan fingerprint density at radius 1 is 1.39 bits per heavy atom. The second-order valence-corrected chi connectivity index (χ2v) is 4.65. The highest BCUT2D eigenvalue weighted by Gasteiger charge is 2.46. The quantitative estimate of drug-likeness (QED) is 0.440. The van der Waals surface area contributed by atoms with Crippen molar-refractivity contribution in [1.29, 1.82) is 0 Å². The molecule has 0 N–H and O–H groups in total. The van der Waals surface area contributed by atoms with Gasteiger partial charge in [-0.15, -0.1) is 0 Å². The maximum absolute atomic E-state index is 12.6. The summed E-state index contributed by atoms with van der Waals surface area (Å²) < 4.78 is 55.1. The smallest absolute Gasteiger partial charge is 0.391 e. The predicted molar refractivity (Wildman–Crippen MR) is 57.4 cm³/mol. The van der Waals surface area contributed by atoms with Crippen LogP contribution >= 0.6 is 0 Å². The average Bonchev–Trinajstić information content (AvgIpc) is 2.28. The van der Waals surface area contributed by atoms with Gasteiger partial charge in [0.15, 0.2) is 0 Å². The summed E-state index contributed by atoms with van der Waals surface area (Å²) in [4.78, 5) is 11.1. The molecule has 0 aromatic carbocycles. The zero-order valence-corrected chi connectivity index (χ0v) is 10.1. The third kappa shape index (κ3) is 3.46. The van der Waals surface area contributed by atoms with E-state index >= 15 is 0 Å². The first kappa shape index (κ1) is 15.0. The van der Waals surface area contributed by atoms with Gasteiger partial charge in [-0.25, -0.2) is 4.79 Å². The van der Waals surface area contributed by atoms with E-state index in [4.69, 9.17) is 4.74 Å². The van der Waals surface area contributed by atoms with E-state index in [1.165, 1.54) is 0 Å². The van der Waals surface area contributed by atoms with Gasteiger partial charge in [-0.05, 0) is 32.1 Å². The molecule has 0 unspecified atom stereocenters. The zero-order valence-electron chi connectivity index (χ0n) is 10.1. The summed E-state index contributed by atoms with van der Waals surface area (Å²) in [5, 5.41) is 0. The zero-order chi connectivity index (χ0) is 14.0. The molecule has 1 fully saturated rings. The monoisotopic (exact) mass is 268 g/mol. The van der Waals surface area contributed by atoms with Crippen LogP contribution in [0.1, 0.15) is 39.0 Å². The number of halogens is 4. The molecule has 0 saturated heterocycles. The Bertz CT molecular complexity index is 327. The van der Waals surface area contributed by atoms with Crippen molar-refractivity contribution in [2.24, 2.45) is 5.92 Å². The molecule has 2 nitrogen and oxygen atoms in total. The molecule has 0 bridgehead atoms. The molecule has 1 aliphatic carbocycles. The molecule has 1 saturated carbocycles. The molecule has 1 rings (SSSR count). The predicted octanol–water partition coefficient (Wildman–Crippen LogP) is 3.91. The Morgan fingerprint density at radius 2 is 1.89 bits per heavy atom. The van der Waals surface area contributed by atoms with Crippen molar-refractivity contribution in [2.75, 3.05) is 0 Å². The van der Waals surface area contributed by atoms with Gasteiger partial charge in [0.2, 0.25) is 5.83 Å². The van der Waals surface area contributed by atoms with Crippen molar-refractivity contribution in [3.8, 4) is 0 Å². The number of esters is 1. The molecule has 0 amide bonds. The molecule has 0 spiro atoms. The summed E-state index contributed by atoms with van der Waals surface area (Å²) in [6, 6.07) is 0. The lowest BCUT2D eigenvalue weighted by Crippen LogP contribution is -2.41. The van der Waals surface area contributed by atoms with Gasteiger partial charge in [-0.2, -0.15) is 17.6 Å². The Balaban J connectivity index is 2.66. The largest absolute Gasteiger partial charge is 0.454 e. The van der Waals surface area contributed by atoms with Gasteiger partial charge in [0.05, 0.1) is 5.92 Å². The maximum Gasteiger partial charge on any atom is 0.391 e. The van der Waals surface area contributed by atoms with Crippen molar-refractivity contribution in [2.45, 2.75) is 50.8 Å². The SMILES string of the molecule is C=C(F)C(=O)OC1(CC)CCC(C(F)(F)F)CC1. The number of hydrogen-bond acceptors (Lipinski definition) is 2. The van der Waals surface area contributed by atoms with E-state index in [0.717, 1.165) is 0 Å². The van der Waals surface area contributed by atoms with Crippen LogP contribution in [0.2, 0.25) is 0 Å². The van der Waals surface area contributed by atoms with Crippen molar-refractivity contribution in [1.82, 2.24) is 0 Å². The molecule has 0 aromatic heterocycles. The van der Waals surface area contributed by atoms with Crippen LogP contribution in [0, 0.1) is 5.92 Å². The fourth-order valence-electron chi connectivity index (χ4n) is 2.25. The number of hydrogen-bond donors (Lipinski definition) is 0. The van der Waals surface area contributed by atoms with Crippen LogP contribution in [-0.4, -0.2) is 17.7 Å². The summed E-state index contributed by atoms with van der Waals surface area (Å²) in [5.74, 6) is -3.76. The molecular formula is C12H16F4O2. The van der Waals surface area contributed by atoms with E-state index in [9.17, 15) is 22.4 Å². The van der Waals surface area contributed by atoms with Crippen molar-refractivity contribution in [3.63, 3.8) is 0 Å². The summed E-state index contributed by atoms with van der Waals surface area (Å²) in [7, 11) is 0. The molecular weight excluding hydrogens is 252 g/mol. The topological polar surface area (TPSA) is 26.3 Å². The highest BCUT2D eigenvalue weighted by molar-refractivity contribution is 5.85. The van der Waals surface area contributed by atoms with Crippen LogP contribution in [-0.2, 0) is 9.53 Å². The minimum absolute atomic E-state index is 0.0939. The number of ether oxygens (including phenoxy) is 1. The van der Waals surface area contributed by atoms with Crippen LogP contribution in [0.5, 0.6) is 0 Å². The van der Waals surface area contributed by atoms with Gasteiger partial charge in [-0.1, -0.05) is 13.5 Å². The van der Waals surface area contributed by atoms with Gasteiger partial charge in [0.1, 0.15) is 5.60 Å². The van der Waals surface area contributed by atoms with Gasteiger partial charge in [-0.3, -0.25) is 0 Å². The minimum atomic E-state index is -4.21. The normalized spacial score (nSPS) is 28.8. The molecule has 0 aliphatic heterocycles. The van der Waals surface area contributed by atoms with E-state index in [2.05, 4.69) is 6.58 Å². The Morgan fingerprint density at radius 3 is 2.22 bits per heavy atom. The van der Waals surface area contributed by atoms with E-state index in [1.807, 2.05) is 0 Å². The first-order valence-corrected chi connectivity index (χ1v) is 5.84. The number of alkyl halides is 3. The summed E-state index contributed by atoms with van der Waals surface area (Å²) in [5.41, 5.74) is -0.978. The van der Waals surface area contributed by atoms with Crippen molar-refractivity contribution < 1.29 is 27.1 Å². The summed E-state index contributed by atoms with van der Waals surface area (Å²) >= 11 is 0. The van der Waals surface area contributed by atoms with E-state index in [0.29, 0.717) is 6.42 Å². The standard InChI is InChI=1S/C12H16F4O2/c1-3-11(18-10(17)8(2)13)6-4-9(5-7-11)12(14,15)16/h9H,2-7H2,1H3. The molecule has 0 atom stereocenters. The highest BCUT2D eigenvalue weighted by Crippen LogP contribution is 2.44. The second-order valence-electron chi connectivity index (χ2n) is 4.65.